The number of hydrogen-bond acceptors (Lipinski definition) is 2. The van der Waals surface area contributed by atoms with E-state index in [1.54, 1.807) is 4.90 Å². The number of carbonyl (C=O) groups excluding carboxylic acids is 1. The minimum atomic E-state index is -0.180. The molecule has 3 aromatic rings. The van der Waals surface area contributed by atoms with Crippen LogP contribution < -0.4 is 10.1 Å². The van der Waals surface area contributed by atoms with Crippen molar-refractivity contribution in [2.75, 3.05) is 6.73 Å². The summed E-state index contributed by atoms with van der Waals surface area (Å²) in [5, 5.41) is 3.59. The van der Waals surface area contributed by atoms with Crippen LogP contribution in [0.4, 0.5) is 4.79 Å². The molecule has 0 aliphatic heterocycles. The highest BCUT2D eigenvalue weighted by atomic mass is 35.5. The highest BCUT2D eigenvalue weighted by Gasteiger charge is 2.14. The first-order valence-corrected chi connectivity index (χ1v) is 9.91. The Labute approximate surface area is 177 Å². The van der Waals surface area contributed by atoms with Gasteiger partial charge in [0.15, 0.2) is 6.73 Å². The lowest BCUT2D eigenvalue weighted by atomic mass is 10.1. The third-order valence-corrected chi connectivity index (χ3v) is 5.19. The van der Waals surface area contributed by atoms with Crippen molar-refractivity contribution in [2.24, 2.45) is 0 Å². The first-order chi connectivity index (χ1) is 14.0. The van der Waals surface area contributed by atoms with Crippen molar-refractivity contribution in [1.82, 2.24) is 10.2 Å². The Hall–Kier alpha value is -2.98. The van der Waals surface area contributed by atoms with Gasteiger partial charge in [0.25, 0.3) is 0 Å². The summed E-state index contributed by atoms with van der Waals surface area (Å²) >= 11 is 6.20. The maximum Gasteiger partial charge on any atom is 0.320 e. The Kier molecular flexibility index (Phi) is 7.14. The number of carbonyl (C=O) groups is 1. The molecular weight excluding hydrogens is 384 g/mol. The van der Waals surface area contributed by atoms with Gasteiger partial charge < -0.3 is 15.0 Å². The second-order valence-corrected chi connectivity index (χ2v) is 7.35. The van der Waals surface area contributed by atoms with Crippen molar-refractivity contribution in [3.05, 3.63) is 100 Å². The third kappa shape index (κ3) is 6.00. The summed E-state index contributed by atoms with van der Waals surface area (Å²) in [5.41, 5.74) is 4.04. The van der Waals surface area contributed by atoms with Crippen LogP contribution >= 0.6 is 11.6 Å². The Morgan fingerprint density at radius 1 is 0.897 bits per heavy atom. The number of nitrogens with zero attached hydrogens (tertiary/aromatic N) is 1. The number of ether oxygens (including phenoxy) is 1. The number of halogens is 1. The van der Waals surface area contributed by atoms with Gasteiger partial charge in [0, 0.05) is 18.1 Å². The zero-order valence-corrected chi connectivity index (χ0v) is 17.4. The Balaban J connectivity index is 1.64. The fraction of sp³-hybridized carbons (Fsp3) is 0.208. The molecule has 3 rings (SSSR count). The molecule has 0 spiro atoms. The van der Waals surface area contributed by atoms with Crippen molar-refractivity contribution in [3.63, 3.8) is 0 Å². The van der Waals surface area contributed by atoms with E-state index >= 15 is 0 Å². The zero-order chi connectivity index (χ0) is 20.6. The van der Waals surface area contributed by atoms with Gasteiger partial charge in [-0.15, -0.1) is 0 Å². The van der Waals surface area contributed by atoms with Crippen molar-refractivity contribution >= 4 is 17.6 Å². The van der Waals surface area contributed by atoms with Gasteiger partial charge >= 0.3 is 6.03 Å². The van der Waals surface area contributed by atoms with E-state index in [0.29, 0.717) is 18.8 Å². The summed E-state index contributed by atoms with van der Waals surface area (Å²) in [6.07, 6.45) is 0. The van der Waals surface area contributed by atoms with Crippen LogP contribution in [0.25, 0.3) is 0 Å². The molecule has 0 atom stereocenters. The topological polar surface area (TPSA) is 41.6 Å². The lowest BCUT2D eigenvalue weighted by molar-refractivity contribution is 0.179. The van der Waals surface area contributed by atoms with Crippen LogP contribution in [0.15, 0.2) is 72.8 Å². The van der Waals surface area contributed by atoms with E-state index in [0.717, 1.165) is 27.3 Å². The number of nitrogens with one attached hydrogen (secondary N) is 1. The lowest BCUT2D eigenvalue weighted by Crippen LogP contribution is -2.40. The Morgan fingerprint density at radius 2 is 1.38 bits per heavy atom. The highest BCUT2D eigenvalue weighted by Crippen LogP contribution is 2.25. The molecule has 0 fully saturated rings. The van der Waals surface area contributed by atoms with E-state index < -0.39 is 0 Å². The van der Waals surface area contributed by atoms with Crippen LogP contribution in [0.5, 0.6) is 5.75 Å². The smallest absolute Gasteiger partial charge is 0.320 e. The van der Waals surface area contributed by atoms with E-state index in [1.165, 1.54) is 0 Å². The predicted molar refractivity (Wildman–Crippen MR) is 117 cm³/mol. The molecule has 5 heteroatoms. The highest BCUT2D eigenvalue weighted by molar-refractivity contribution is 6.32. The summed E-state index contributed by atoms with van der Waals surface area (Å²) in [7, 11) is 0. The van der Waals surface area contributed by atoms with Crippen molar-refractivity contribution in [1.29, 1.82) is 0 Å². The average Bonchev–Trinajstić information content (AvgIpc) is 2.73. The molecule has 0 aliphatic carbocycles. The quantitative estimate of drug-likeness (QED) is 0.509. The fourth-order valence-electron chi connectivity index (χ4n) is 3.09. The van der Waals surface area contributed by atoms with Gasteiger partial charge in [-0.05, 0) is 48.2 Å². The molecular formula is C24H25ClN2O2. The van der Waals surface area contributed by atoms with Gasteiger partial charge in [-0.2, -0.15) is 0 Å². The van der Waals surface area contributed by atoms with Gasteiger partial charge in [0.2, 0.25) is 0 Å². The van der Waals surface area contributed by atoms with Crippen molar-refractivity contribution < 1.29 is 9.53 Å². The number of amides is 2. The summed E-state index contributed by atoms with van der Waals surface area (Å²) in [4.78, 5) is 14.6. The first-order valence-electron chi connectivity index (χ1n) is 9.53. The number of urea groups is 1. The fourth-order valence-corrected chi connectivity index (χ4v) is 3.20. The normalized spacial score (nSPS) is 10.4. The molecule has 0 unspecified atom stereocenters. The van der Waals surface area contributed by atoms with Gasteiger partial charge in [-0.1, -0.05) is 72.3 Å². The second kappa shape index (κ2) is 9.99. The maximum absolute atomic E-state index is 12.8. The molecule has 150 valence electrons. The SMILES string of the molecule is Cc1cc(OCNC(=O)N(Cc2ccccc2)Cc2ccccc2)cc(C)c1Cl. The standard InChI is InChI=1S/C24H25ClN2O2/c1-18-13-22(14-19(2)23(18)25)29-17-26-24(28)27(15-20-9-5-3-6-10-20)16-21-11-7-4-8-12-21/h3-14H,15-17H2,1-2H3,(H,26,28). The number of aryl methyl sites for hydroxylation is 2. The van der Waals surface area contributed by atoms with Crippen molar-refractivity contribution in [2.45, 2.75) is 26.9 Å². The van der Waals surface area contributed by atoms with E-state index in [1.807, 2.05) is 86.6 Å². The van der Waals surface area contributed by atoms with E-state index in [4.69, 9.17) is 16.3 Å². The first kappa shape index (κ1) is 20.7. The molecule has 3 aromatic carbocycles. The van der Waals surface area contributed by atoms with Crippen LogP contribution in [-0.2, 0) is 13.1 Å². The number of benzene rings is 3. The van der Waals surface area contributed by atoms with E-state index in [2.05, 4.69) is 5.32 Å². The molecule has 0 saturated carbocycles. The van der Waals surface area contributed by atoms with Crippen LogP contribution in [-0.4, -0.2) is 17.7 Å². The van der Waals surface area contributed by atoms with Crippen LogP contribution in [0.3, 0.4) is 0 Å². The molecule has 0 radical (unpaired) electrons. The second-order valence-electron chi connectivity index (χ2n) is 6.97. The number of hydrogen-bond donors (Lipinski definition) is 1. The Morgan fingerprint density at radius 3 is 1.86 bits per heavy atom. The molecule has 0 bridgehead atoms. The van der Waals surface area contributed by atoms with Gasteiger partial charge in [0.05, 0.1) is 0 Å². The summed E-state index contributed by atoms with van der Waals surface area (Å²) in [5.74, 6) is 0.683. The molecule has 2 amide bonds. The predicted octanol–water partition coefficient (Wildman–Crippen LogP) is 5.71. The molecule has 29 heavy (non-hydrogen) atoms. The van der Waals surface area contributed by atoms with Crippen molar-refractivity contribution in [3.8, 4) is 5.75 Å². The monoisotopic (exact) mass is 408 g/mol. The van der Waals surface area contributed by atoms with E-state index in [9.17, 15) is 4.79 Å². The summed E-state index contributed by atoms with van der Waals surface area (Å²) < 4.78 is 5.73. The van der Waals surface area contributed by atoms with Gasteiger partial charge in [-0.25, -0.2) is 4.79 Å². The largest absolute Gasteiger partial charge is 0.473 e. The molecule has 0 aromatic heterocycles. The Bertz CT molecular complexity index is 881. The molecule has 0 aliphatic rings. The number of rotatable bonds is 7. The van der Waals surface area contributed by atoms with Gasteiger partial charge in [-0.3, -0.25) is 0 Å². The molecule has 1 N–H and O–H groups in total. The minimum Gasteiger partial charge on any atom is -0.473 e. The summed E-state index contributed by atoms with van der Waals surface area (Å²) in [6, 6.07) is 23.4. The summed E-state index contributed by atoms with van der Waals surface area (Å²) in [6.45, 7) is 4.98. The van der Waals surface area contributed by atoms with Crippen LogP contribution in [0, 0.1) is 13.8 Å². The zero-order valence-electron chi connectivity index (χ0n) is 16.7. The minimum absolute atomic E-state index is 0.0828. The average molecular weight is 409 g/mol. The molecule has 0 heterocycles. The lowest BCUT2D eigenvalue weighted by Gasteiger charge is -2.23. The maximum atomic E-state index is 12.8. The molecule has 0 saturated heterocycles. The van der Waals surface area contributed by atoms with Crippen LogP contribution in [0.1, 0.15) is 22.3 Å². The molecule has 4 nitrogen and oxygen atoms in total. The third-order valence-electron chi connectivity index (χ3n) is 4.59. The van der Waals surface area contributed by atoms with Crippen LogP contribution in [0.2, 0.25) is 5.02 Å². The van der Waals surface area contributed by atoms with E-state index in [-0.39, 0.29) is 12.8 Å². The van der Waals surface area contributed by atoms with Gasteiger partial charge in [0.1, 0.15) is 5.75 Å².